The first-order valence-electron chi connectivity index (χ1n) is 9.89. The highest BCUT2D eigenvalue weighted by molar-refractivity contribution is 5.94. The molecular weight excluding hydrogens is 360 g/mol. The zero-order valence-electron chi connectivity index (χ0n) is 16.1. The van der Waals surface area contributed by atoms with Crippen molar-refractivity contribution in [1.82, 2.24) is 20.4 Å². The second-order valence-corrected chi connectivity index (χ2v) is 7.61. The fourth-order valence-electron chi connectivity index (χ4n) is 4.13. The third-order valence-electron chi connectivity index (χ3n) is 5.88. The van der Waals surface area contributed by atoms with Crippen LogP contribution in [0.4, 0.5) is 0 Å². The summed E-state index contributed by atoms with van der Waals surface area (Å²) in [6, 6.07) is 8.70. The normalized spacial score (nSPS) is 21.4. The molecule has 27 heavy (non-hydrogen) atoms. The predicted octanol–water partition coefficient (Wildman–Crippen LogP) is 3.07. The molecule has 1 aromatic carbocycles. The standard InChI is InChI=1S/C21H28N4O.ClH/c1-3-15-7-9-16(10-8-15)25-19-6-4-5-17(19)20(24-25)21(26)23-18-13-22-12-11-14(18)2;/h7-10,14,18,22H,3-6,11-13H2,1-2H3,(H,23,26);1H. The Hall–Kier alpha value is -1.85. The molecule has 0 radical (unpaired) electrons. The van der Waals surface area contributed by atoms with Crippen molar-refractivity contribution in [2.24, 2.45) is 5.92 Å². The molecule has 0 spiro atoms. The van der Waals surface area contributed by atoms with Gasteiger partial charge in [-0.3, -0.25) is 4.79 Å². The number of hydrogen-bond acceptors (Lipinski definition) is 3. The highest BCUT2D eigenvalue weighted by Gasteiger charge is 2.29. The Kier molecular flexibility index (Phi) is 6.22. The van der Waals surface area contributed by atoms with Crippen molar-refractivity contribution < 1.29 is 4.79 Å². The van der Waals surface area contributed by atoms with E-state index in [9.17, 15) is 4.79 Å². The lowest BCUT2D eigenvalue weighted by molar-refractivity contribution is 0.0909. The second kappa shape index (κ2) is 8.44. The molecule has 2 heterocycles. The number of carbonyl (C=O) groups is 1. The van der Waals surface area contributed by atoms with Gasteiger partial charge in [0.2, 0.25) is 0 Å². The Morgan fingerprint density at radius 2 is 2.07 bits per heavy atom. The molecule has 1 aliphatic carbocycles. The van der Waals surface area contributed by atoms with E-state index in [4.69, 9.17) is 5.10 Å². The van der Waals surface area contributed by atoms with Gasteiger partial charge in [0, 0.05) is 23.8 Å². The van der Waals surface area contributed by atoms with Crippen molar-refractivity contribution in [1.29, 1.82) is 0 Å². The number of halogens is 1. The summed E-state index contributed by atoms with van der Waals surface area (Å²) in [5.74, 6) is 0.476. The third kappa shape index (κ3) is 3.90. The second-order valence-electron chi connectivity index (χ2n) is 7.61. The monoisotopic (exact) mass is 388 g/mol. The van der Waals surface area contributed by atoms with Crippen molar-refractivity contribution in [3.63, 3.8) is 0 Å². The number of nitrogens with zero attached hydrogens (tertiary/aromatic N) is 2. The fraction of sp³-hybridized carbons (Fsp3) is 0.524. The molecule has 2 aromatic rings. The molecule has 2 unspecified atom stereocenters. The average molecular weight is 389 g/mol. The molecule has 6 heteroatoms. The van der Waals surface area contributed by atoms with E-state index >= 15 is 0 Å². The van der Waals surface area contributed by atoms with Crippen LogP contribution >= 0.6 is 12.4 Å². The Labute approximate surface area is 167 Å². The first kappa shape index (κ1) is 19.9. The van der Waals surface area contributed by atoms with Gasteiger partial charge >= 0.3 is 0 Å². The number of benzene rings is 1. The molecule has 1 amide bonds. The Bertz CT molecular complexity index is 799. The van der Waals surface area contributed by atoms with Gasteiger partial charge in [-0.05, 0) is 62.3 Å². The van der Waals surface area contributed by atoms with Crippen LogP contribution in [-0.4, -0.2) is 34.8 Å². The van der Waals surface area contributed by atoms with Gasteiger partial charge in [-0.2, -0.15) is 5.10 Å². The van der Waals surface area contributed by atoms with E-state index in [2.05, 4.69) is 48.7 Å². The van der Waals surface area contributed by atoms with Crippen molar-refractivity contribution in [2.45, 2.75) is 52.0 Å². The average Bonchev–Trinajstić information content (AvgIpc) is 3.26. The third-order valence-corrected chi connectivity index (χ3v) is 5.88. The van der Waals surface area contributed by atoms with Gasteiger partial charge in [-0.1, -0.05) is 26.0 Å². The van der Waals surface area contributed by atoms with E-state index in [0.29, 0.717) is 11.6 Å². The van der Waals surface area contributed by atoms with Gasteiger partial charge in [0.1, 0.15) is 0 Å². The summed E-state index contributed by atoms with van der Waals surface area (Å²) in [6.07, 6.45) is 5.16. The SMILES string of the molecule is CCc1ccc(-n2nc(C(=O)NC3CNCCC3C)c3c2CCC3)cc1.Cl. The maximum atomic E-state index is 12.9. The summed E-state index contributed by atoms with van der Waals surface area (Å²) in [7, 11) is 0. The van der Waals surface area contributed by atoms with Crippen LogP contribution in [0.2, 0.25) is 0 Å². The zero-order valence-corrected chi connectivity index (χ0v) is 16.9. The molecule has 2 aliphatic rings. The molecule has 2 atom stereocenters. The molecule has 1 aliphatic heterocycles. The molecule has 1 saturated heterocycles. The largest absolute Gasteiger partial charge is 0.346 e. The Morgan fingerprint density at radius 3 is 2.78 bits per heavy atom. The molecule has 0 saturated carbocycles. The smallest absolute Gasteiger partial charge is 0.272 e. The van der Waals surface area contributed by atoms with Crippen LogP contribution in [0.1, 0.15) is 54.0 Å². The van der Waals surface area contributed by atoms with Gasteiger partial charge < -0.3 is 10.6 Å². The van der Waals surface area contributed by atoms with Gasteiger partial charge in [0.05, 0.1) is 5.69 Å². The maximum Gasteiger partial charge on any atom is 0.272 e. The van der Waals surface area contributed by atoms with Crippen molar-refractivity contribution in [3.8, 4) is 5.69 Å². The highest BCUT2D eigenvalue weighted by atomic mass is 35.5. The molecule has 4 rings (SSSR count). The summed E-state index contributed by atoms with van der Waals surface area (Å²) in [5.41, 5.74) is 5.32. The molecule has 1 aromatic heterocycles. The molecule has 5 nitrogen and oxygen atoms in total. The van der Waals surface area contributed by atoms with Gasteiger partial charge in [-0.15, -0.1) is 12.4 Å². The zero-order chi connectivity index (χ0) is 18.1. The van der Waals surface area contributed by atoms with Gasteiger partial charge in [-0.25, -0.2) is 4.68 Å². The van der Waals surface area contributed by atoms with Crippen LogP contribution in [-0.2, 0) is 19.3 Å². The van der Waals surface area contributed by atoms with Crippen LogP contribution in [0.3, 0.4) is 0 Å². The number of rotatable bonds is 4. The van der Waals surface area contributed by atoms with Crippen molar-refractivity contribution in [3.05, 3.63) is 46.8 Å². The molecule has 146 valence electrons. The summed E-state index contributed by atoms with van der Waals surface area (Å²) in [6.45, 7) is 6.24. The minimum Gasteiger partial charge on any atom is -0.346 e. The number of nitrogens with one attached hydrogen (secondary N) is 2. The Morgan fingerprint density at radius 1 is 1.30 bits per heavy atom. The number of fused-ring (bicyclic) bond motifs is 1. The lowest BCUT2D eigenvalue weighted by Gasteiger charge is -2.30. The number of piperidine rings is 1. The molecule has 1 fully saturated rings. The van der Waals surface area contributed by atoms with E-state index in [1.807, 2.05) is 4.68 Å². The first-order valence-corrected chi connectivity index (χ1v) is 9.89. The minimum absolute atomic E-state index is 0. The van der Waals surface area contributed by atoms with Crippen LogP contribution in [0.5, 0.6) is 0 Å². The first-order chi connectivity index (χ1) is 12.7. The number of aromatic nitrogens is 2. The van der Waals surface area contributed by atoms with Crippen LogP contribution in [0.25, 0.3) is 5.69 Å². The fourth-order valence-corrected chi connectivity index (χ4v) is 4.13. The van der Waals surface area contributed by atoms with Gasteiger partial charge in [0.25, 0.3) is 5.91 Å². The van der Waals surface area contributed by atoms with E-state index in [1.165, 1.54) is 11.3 Å². The van der Waals surface area contributed by atoms with Crippen molar-refractivity contribution in [2.75, 3.05) is 13.1 Å². The summed E-state index contributed by atoms with van der Waals surface area (Å²) in [4.78, 5) is 12.9. The van der Waals surface area contributed by atoms with E-state index in [0.717, 1.165) is 56.4 Å². The topological polar surface area (TPSA) is 59.0 Å². The van der Waals surface area contributed by atoms with Gasteiger partial charge in [0.15, 0.2) is 5.69 Å². The van der Waals surface area contributed by atoms with E-state index in [1.54, 1.807) is 0 Å². The quantitative estimate of drug-likeness (QED) is 0.846. The Balaban J connectivity index is 0.00000210. The molecular formula is C21H29ClN4O. The molecule has 2 N–H and O–H groups in total. The predicted molar refractivity (Wildman–Crippen MR) is 110 cm³/mol. The summed E-state index contributed by atoms with van der Waals surface area (Å²) >= 11 is 0. The number of aryl methyl sites for hydroxylation is 1. The van der Waals surface area contributed by atoms with Crippen molar-refractivity contribution >= 4 is 18.3 Å². The minimum atomic E-state index is -0.0207. The number of carbonyl (C=O) groups excluding carboxylic acids is 1. The molecule has 0 bridgehead atoms. The van der Waals surface area contributed by atoms with Crippen LogP contribution in [0, 0.1) is 5.92 Å². The lowest BCUT2D eigenvalue weighted by Crippen LogP contribution is -2.50. The maximum absolute atomic E-state index is 12.9. The van der Waals surface area contributed by atoms with Crippen LogP contribution < -0.4 is 10.6 Å². The van der Waals surface area contributed by atoms with E-state index < -0.39 is 0 Å². The highest BCUT2D eigenvalue weighted by Crippen LogP contribution is 2.28. The summed E-state index contributed by atoms with van der Waals surface area (Å²) < 4.78 is 1.99. The summed E-state index contributed by atoms with van der Waals surface area (Å²) in [5, 5.41) is 11.3. The lowest BCUT2D eigenvalue weighted by atomic mass is 9.94. The number of amides is 1. The number of hydrogen-bond donors (Lipinski definition) is 2. The van der Waals surface area contributed by atoms with Crippen LogP contribution in [0.15, 0.2) is 24.3 Å². The van der Waals surface area contributed by atoms with E-state index in [-0.39, 0.29) is 24.4 Å².